The van der Waals surface area contributed by atoms with Gasteiger partial charge < -0.3 is 15.5 Å². The summed E-state index contributed by atoms with van der Waals surface area (Å²) in [5.41, 5.74) is 5.52. The van der Waals surface area contributed by atoms with Crippen LogP contribution in [0, 0.1) is 0 Å². The second kappa shape index (κ2) is 8.28. The van der Waals surface area contributed by atoms with E-state index in [0.717, 1.165) is 47.7 Å². The van der Waals surface area contributed by atoms with Gasteiger partial charge in [0.1, 0.15) is 0 Å². The molecule has 0 unspecified atom stereocenters. The normalized spacial score (nSPS) is 17.5. The van der Waals surface area contributed by atoms with Crippen LogP contribution in [-0.4, -0.2) is 52.7 Å². The maximum atomic E-state index is 12.8. The maximum absolute atomic E-state index is 12.8. The number of anilines is 2. The molecule has 156 valence electrons. The lowest BCUT2D eigenvalue weighted by atomic mass is 10.0. The topological polar surface area (TPSA) is 82.5 Å². The summed E-state index contributed by atoms with van der Waals surface area (Å²) in [6, 6.07) is 15.8. The van der Waals surface area contributed by atoms with Crippen molar-refractivity contribution in [3.05, 3.63) is 71.4 Å². The highest BCUT2D eigenvalue weighted by atomic mass is 16.2. The predicted molar refractivity (Wildman–Crippen MR) is 122 cm³/mol. The molecular formula is C24H24N6O. The molecule has 2 N–H and O–H groups in total. The number of amides is 1. The standard InChI is InChI=1S/C24H24N6O/c1-16-12-25-10-11-30(16)23(31)17-6-8-20(9-7-17)28-24-27-15-19-14-26-13-18-4-2-3-5-21(18)22(19)29-24/h2-9,13,15-16,25H,10-12,14H2,1H3,(H,27,28,29)/t16-/m1/s1. The third kappa shape index (κ3) is 3.92. The van der Waals surface area contributed by atoms with Gasteiger partial charge in [-0.2, -0.15) is 0 Å². The van der Waals surface area contributed by atoms with Crippen molar-refractivity contribution in [3.63, 3.8) is 0 Å². The van der Waals surface area contributed by atoms with Crippen molar-refractivity contribution in [2.45, 2.75) is 19.5 Å². The van der Waals surface area contributed by atoms with Crippen LogP contribution in [0.15, 0.2) is 59.7 Å². The molecule has 1 saturated heterocycles. The summed E-state index contributed by atoms with van der Waals surface area (Å²) in [6.07, 6.45) is 3.72. The molecular weight excluding hydrogens is 388 g/mol. The van der Waals surface area contributed by atoms with Gasteiger partial charge in [0.05, 0.1) is 12.2 Å². The Bertz CT molecular complexity index is 1140. The van der Waals surface area contributed by atoms with Crippen LogP contribution in [0.1, 0.15) is 28.4 Å². The lowest BCUT2D eigenvalue weighted by Gasteiger charge is -2.34. The number of fused-ring (bicyclic) bond motifs is 3. The van der Waals surface area contributed by atoms with Gasteiger partial charge >= 0.3 is 0 Å². The van der Waals surface area contributed by atoms with Gasteiger partial charge in [-0.05, 0) is 31.2 Å². The molecule has 7 heteroatoms. The summed E-state index contributed by atoms with van der Waals surface area (Å²) in [7, 11) is 0. The molecule has 0 spiro atoms. The number of aromatic nitrogens is 2. The molecule has 5 rings (SSSR count). The highest BCUT2D eigenvalue weighted by molar-refractivity contribution is 5.95. The Kier molecular flexibility index (Phi) is 5.18. The van der Waals surface area contributed by atoms with Crippen LogP contribution in [0.4, 0.5) is 11.6 Å². The Balaban J connectivity index is 1.36. The van der Waals surface area contributed by atoms with E-state index < -0.39 is 0 Å². The van der Waals surface area contributed by atoms with E-state index >= 15 is 0 Å². The van der Waals surface area contributed by atoms with E-state index in [1.807, 2.05) is 59.8 Å². The van der Waals surface area contributed by atoms with Crippen molar-refractivity contribution in [2.24, 2.45) is 4.99 Å². The Morgan fingerprint density at radius 2 is 2.00 bits per heavy atom. The van der Waals surface area contributed by atoms with Gasteiger partial charge in [-0.15, -0.1) is 0 Å². The van der Waals surface area contributed by atoms with E-state index in [9.17, 15) is 4.79 Å². The molecule has 1 amide bonds. The van der Waals surface area contributed by atoms with Crippen molar-refractivity contribution in [2.75, 3.05) is 25.0 Å². The molecule has 0 aliphatic carbocycles. The minimum Gasteiger partial charge on any atom is -0.333 e. The van der Waals surface area contributed by atoms with Crippen LogP contribution in [0.3, 0.4) is 0 Å². The van der Waals surface area contributed by atoms with Gasteiger partial charge in [-0.1, -0.05) is 24.3 Å². The van der Waals surface area contributed by atoms with E-state index in [1.165, 1.54) is 0 Å². The number of carbonyl (C=O) groups excluding carboxylic acids is 1. The lowest BCUT2D eigenvalue weighted by Crippen LogP contribution is -2.52. The van der Waals surface area contributed by atoms with E-state index in [4.69, 9.17) is 4.98 Å². The van der Waals surface area contributed by atoms with Gasteiger partial charge in [0, 0.05) is 66.0 Å². The van der Waals surface area contributed by atoms with Crippen LogP contribution in [-0.2, 0) is 6.54 Å². The molecule has 3 heterocycles. The summed E-state index contributed by atoms with van der Waals surface area (Å²) in [6.45, 7) is 5.02. The average molecular weight is 412 g/mol. The molecule has 7 nitrogen and oxygen atoms in total. The second-order valence-electron chi connectivity index (χ2n) is 7.88. The minimum absolute atomic E-state index is 0.0680. The first-order chi connectivity index (χ1) is 15.2. The molecule has 2 aliphatic heterocycles. The highest BCUT2D eigenvalue weighted by Gasteiger charge is 2.24. The molecule has 3 aromatic rings. The fourth-order valence-electron chi connectivity index (χ4n) is 4.02. The van der Waals surface area contributed by atoms with Gasteiger partial charge in [0.25, 0.3) is 5.91 Å². The van der Waals surface area contributed by atoms with Gasteiger partial charge in [0.15, 0.2) is 0 Å². The number of carbonyl (C=O) groups is 1. The fraction of sp³-hybridized carbons (Fsp3) is 0.250. The van der Waals surface area contributed by atoms with Gasteiger partial charge in [0.2, 0.25) is 5.95 Å². The smallest absolute Gasteiger partial charge is 0.254 e. The summed E-state index contributed by atoms with van der Waals surface area (Å²) >= 11 is 0. The molecule has 1 atom stereocenters. The fourth-order valence-corrected chi connectivity index (χ4v) is 4.02. The summed E-state index contributed by atoms with van der Waals surface area (Å²) in [4.78, 5) is 28.5. The quantitative estimate of drug-likeness (QED) is 0.690. The van der Waals surface area contributed by atoms with E-state index in [-0.39, 0.29) is 11.9 Å². The zero-order valence-electron chi connectivity index (χ0n) is 17.4. The van der Waals surface area contributed by atoms with E-state index in [1.54, 1.807) is 0 Å². The number of hydrogen-bond acceptors (Lipinski definition) is 6. The second-order valence-corrected chi connectivity index (χ2v) is 7.88. The van der Waals surface area contributed by atoms with Crippen molar-refractivity contribution >= 4 is 23.8 Å². The van der Waals surface area contributed by atoms with Crippen molar-refractivity contribution in [3.8, 4) is 11.3 Å². The number of rotatable bonds is 3. The Morgan fingerprint density at radius 3 is 2.84 bits per heavy atom. The van der Waals surface area contributed by atoms with Crippen LogP contribution in [0.25, 0.3) is 11.3 Å². The third-order valence-electron chi connectivity index (χ3n) is 5.72. The third-order valence-corrected chi connectivity index (χ3v) is 5.72. The zero-order chi connectivity index (χ0) is 21.2. The Labute approximate surface area is 181 Å². The maximum Gasteiger partial charge on any atom is 0.254 e. The molecule has 0 saturated carbocycles. The number of aliphatic imine (C=N–C) groups is 1. The number of hydrogen-bond donors (Lipinski definition) is 2. The Morgan fingerprint density at radius 1 is 1.16 bits per heavy atom. The van der Waals surface area contributed by atoms with Crippen LogP contribution < -0.4 is 10.6 Å². The molecule has 31 heavy (non-hydrogen) atoms. The monoisotopic (exact) mass is 412 g/mol. The molecule has 2 aromatic carbocycles. The van der Waals surface area contributed by atoms with Gasteiger partial charge in [-0.3, -0.25) is 9.79 Å². The molecule has 1 fully saturated rings. The predicted octanol–water partition coefficient (Wildman–Crippen LogP) is 3.25. The first-order valence-electron chi connectivity index (χ1n) is 10.5. The minimum atomic E-state index is 0.0680. The average Bonchev–Trinajstić information content (AvgIpc) is 2.99. The number of benzene rings is 2. The first kappa shape index (κ1) is 19.4. The first-order valence-corrected chi connectivity index (χ1v) is 10.5. The van der Waals surface area contributed by atoms with Crippen molar-refractivity contribution < 1.29 is 4.79 Å². The van der Waals surface area contributed by atoms with Crippen LogP contribution >= 0.6 is 0 Å². The van der Waals surface area contributed by atoms with Crippen LogP contribution in [0.2, 0.25) is 0 Å². The SMILES string of the molecule is C[C@@H]1CNCCN1C(=O)c1ccc(Nc2ncc3c(n2)-c2ccccc2C=NC3)cc1. The van der Waals surface area contributed by atoms with Crippen molar-refractivity contribution in [1.29, 1.82) is 0 Å². The van der Waals surface area contributed by atoms with E-state index in [0.29, 0.717) is 18.1 Å². The lowest BCUT2D eigenvalue weighted by molar-refractivity contribution is 0.0656. The zero-order valence-corrected chi connectivity index (χ0v) is 17.4. The number of nitrogens with one attached hydrogen (secondary N) is 2. The van der Waals surface area contributed by atoms with E-state index in [2.05, 4.69) is 33.6 Å². The Hall–Kier alpha value is -3.58. The molecule has 0 radical (unpaired) electrons. The molecule has 2 aliphatic rings. The highest BCUT2D eigenvalue weighted by Crippen LogP contribution is 2.28. The summed E-state index contributed by atoms with van der Waals surface area (Å²) in [5.74, 6) is 0.587. The summed E-state index contributed by atoms with van der Waals surface area (Å²) < 4.78 is 0. The molecule has 0 bridgehead atoms. The number of nitrogens with zero attached hydrogens (tertiary/aromatic N) is 4. The number of piperazine rings is 1. The van der Waals surface area contributed by atoms with Gasteiger partial charge in [-0.25, -0.2) is 9.97 Å². The molecule has 1 aromatic heterocycles. The summed E-state index contributed by atoms with van der Waals surface area (Å²) in [5, 5.41) is 6.58. The largest absolute Gasteiger partial charge is 0.333 e. The van der Waals surface area contributed by atoms with Crippen molar-refractivity contribution in [1.82, 2.24) is 20.2 Å². The van der Waals surface area contributed by atoms with Crippen LogP contribution in [0.5, 0.6) is 0 Å².